The molecule has 0 aliphatic rings. The fourth-order valence-electron chi connectivity index (χ4n) is 1.84. The Balaban J connectivity index is 2.40. The first kappa shape index (κ1) is 16.6. The number of anilines is 1. The van der Waals surface area contributed by atoms with Gasteiger partial charge in [0.2, 0.25) is 5.95 Å². The molecule has 0 amide bonds. The monoisotopic (exact) mass is 323 g/mol. The van der Waals surface area contributed by atoms with Crippen LogP contribution in [0.25, 0.3) is 10.2 Å². The van der Waals surface area contributed by atoms with Crippen molar-refractivity contribution in [2.45, 2.75) is 57.7 Å². The van der Waals surface area contributed by atoms with Crippen LogP contribution in [-0.2, 0) is 6.42 Å². The second-order valence-corrected chi connectivity index (χ2v) is 8.11. The predicted molar refractivity (Wildman–Crippen MR) is 95.7 cm³/mol. The van der Waals surface area contributed by atoms with E-state index in [1.165, 1.54) is 10.3 Å². The number of thiophene rings is 1. The van der Waals surface area contributed by atoms with E-state index in [9.17, 15) is 0 Å². The van der Waals surface area contributed by atoms with Gasteiger partial charge in [-0.25, -0.2) is 9.97 Å². The highest BCUT2D eigenvalue weighted by atomic mass is 32.2. The second kappa shape index (κ2) is 7.45. The van der Waals surface area contributed by atoms with Gasteiger partial charge in [-0.1, -0.05) is 34.6 Å². The number of rotatable bonds is 7. The zero-order valence-electron chi connectivity index (χ0n) is 13.6. The molecule has 2 rings (SSSR count). The fourth-order valence-corrected chi connectivity index (χ4v) is 3.92. The zero-order valence-corrected chi connectivity index (χ0v) is 15.2. The summed E-state index contributed by atoms with van der Waals surface area (Å²) in [5, 5.41) is 6.22. The number of nitrogens with one attached hydrogen (secondary N) is 1. The lowest BCUT2D eigenvalue weighted by atomic mass is 10.2. The third kappa shape index (κ3) is 4.10. The SMILES string of the molecule is CCCNc1nc(SC(C)C(C)C)c2cc(CC)sc2n1. The molecular weight excluding hydrogens is 298 g/mol. The number of aromatic nitrogens is 2. The van der Waals surface area contributed by atoms with E-state index in [0.717, 1.165) is 35.2 Å². The molecule has 116 valence electrons. The first-order chi connectivity index (χ1) is 10.0. The molecule has 1 N–H and O–H groups in total. The molecule has 2 aromatic rings. The first-order valence-corrected chi connectivity index (χ1v) is 9.45. The van der Waals surface area contributed by atoms with E-state index in [1.807, 2.05) is 11.8 Å². The van der Waals surface area contributed by atoms with Crippen LogP contribution in [0.15, 0.2) is 11.1 Å². The third-order valence-corrected chi connectivity index (χ3v) is 6.15. The molecule has 2 aromatic heterocycles. The molecule has 0 fully saturated rings. The fraction of sp³-hybridized carbons (Fsp3) is 0.625. The molecule has 0 aliphatic carbocycles. The van der Waals surface area contributed by atoms with Gasteiger partial charge in [-0.2, -0.15) is 0 Å². The van der Waals surface area contributed by atoms with Crippen LogP contribution in [0.5, 0.6) is 0 Å². The Bertz CT molecular complexity index is 592. The lowest BCUT2D eigenvalue weighted by molar-refractivity contribution is 0.642. The molecule has 2 heterocycles. The Labute approximate surface area is 136 Å². The number of hydrogen-bond donors (Lipinski definition) is 1. The van der Waals surface area contributed by atoms with Gasteiger partial charge in [0, 0.05) is 22.1 Å². The van der Waals surface area contributed by atoms with Gasteiger partial charge < -0.3 is 5.32 Å². The Hall–Kier alpha value is -0.810. The summed E-state index contributed by atoms with van der Waals surface area (Å²) < 4.78 is 0. The normalized spacial score (nSPS) is 13.0. The summed E-state index contributed by atoms with van der Waals surface area (Å²) in [5.41, 5.74) is 0. The minimum atomic E-state index is 0.548. The highest BCUT2D eigenvalue weighted by molar-refractivity contribution is 8.00. The summed E-state index contributed by atoms with van der Waals surface area (Å²) in [6, 6.07) is 2.26. The van der Waals surface area contributed by atoms with Gasteiger partial charge in [-0.3, -0.25) is 0 Å². The summed E-state index contributed by atoms with van der Waals surface area (Å²) in [4.78, 5) is 11.9. The molecule has 3 nitrogen and oxygen atoms in total. The number of nitrogens with zero attached hydrogens (tertiary/aromatic N) is 2. The van der Waals surface area contributed by atoms with Crippen molar-refractivity contribution in [2.75, 3.05) is 11.9 Å². The number of thioether (sulfide) groups is 1. The van der Waals surface area contributed by atoms with Crippen LogP contribution in [0.1, 0.15) is 45.9 Å². The average molecular weight is 324 g/mol. The predicted octanol–water partition coefficient (Wildman–Crippen LogP) is 5.21. The topological polar surface area (TPSA) is 37.8 Å². The Morgan fingerprint density at radius 2 is 2.00 bits per heavy atom. The van der Waals surface area contributed by atoms with E-state index in [-0.39, 0.29) is 0 Å². The molecule has 5 heteroatoms. The van der Waals surface area contributed by atoms with Crippen molar-refractivity contribution < 1.29 is 0 Å². The molecular formula is C16H25N3S2. The van der Waals surface area contributed by atoms with Crippen LogP contribution >= 0.6 is 23.1 Å². The lowest BCUT2D eigenvalue weighted by Crippen LogP contribution is -2.08. The molecule has 0 bridgehead atoms. The van der Waals surface area contributed by atoms with Crippen molar-refractivity contribution in [2.24, 2.45) is 5.92 Å². The van der Waals surface area contributed by atoms with Crippen LogP contribution in [0.4, 0.5) is 5.95 Å². The summed E-state index contributed by atoms with van der Waals surface area (Å²) >= 11 is 3.66. The number of aryl methyl sites for hydroxylation is 1. The summed E-state index contributed by atoms with van der Waals surface area (Å²) in [6.07, 6.45) is 2.14. The third-order valence-electron chi connectivity index (χ3n) is 3.53. The maximum absolute atomic E-state index is 4.76. The van der Waals surface area contributed by atoms with E-state index in [0.29, 0.717) is 11.2 Å². The van der Waals surface area contributed by atoms with Crippen LogP contribution in [-0.4, -0.2) is 21.8 Å². The van der Waals surface area contributed by atoms with Crippen molar-refractivity contribution >= 4 is 39.3 Å². The standard InChI is InChI=1S/C16H25N3S2/c1-6-8-17-16-18-14(20-11(5)10(3)4)13-9-12(7-2)21-15(13)19-16/h9-11H,6-8H2,1-5H3,(H,17,18,19). The molecule has 0 saturated heterocycles. The van der Waals surface area contributed by atoms with Crippen molar-refractivity contribution in [3.63, 3.8) is 0 Å². The van der Waals surface area contributed by atoms with Crippen LogP contribution in [0.3, 0.4) is 0 Å². The Kier molecular flexibility index (Phi) is 5.88. The Morgan fingerprint density at radius 1 is 1.24 bits per heavy atom. The van der Waals surface area contributed by atoms with Gasteiger partial charge in [0.25, 0.3) is 0 Å². The van der Waals surface area contributed by atoms with Crippen molar-refractivity contribution in [3.8, 4) is 0 Å². The van der Waals surface area contributed by atoms with E-state index in [2.05, 4.69) is 51.0 Å². The number of hydrogen-bond acceptors (Lipinski definition) is 5. The zero-order chi connectivity index (χ0) is 15.4. The molecule has 1 unspecified atom stereocenters. The van der Waals surface area contributed by atoms with Crippen molar-refractivity contribution in [1.29, 1.82) is 0 Å². The van der Waals surface area contributed by atoms with E-state index in [1.54, 1.807) is 11.3 Å². The molecule has 21 heavy (non-hydrogen) atoms. The largest absolute Gasteiger partial charge is 0.354 e. The lowest BCUT2D eigenvalue weighted by Gasteiger charge is -2.15. The van der Waals surface area contributed by atoms with Gasteiger partial charge >= 0.3 is 0 Å². The summed E-state index contributed by atoms with van der Waals surface area (Å²) in [7, 11) is 0. The first-order valence-electron chi connectivity index (χ1n) is 7.76. The molecule has 0 saturated carbocycles. The van der Waals surface area contributed by atoms with Gasteiger partial charge in [0.1, 0.15) is 9.86 Å². The van der Waals surface area contributed by atoms with Crippen LogP contribution in [0, 0.1) is 5.92 Å². The quantitative estimate of drug-likeness (QED) is 0.560. The van der Waals surface area contributed by atoms with Gasteiger partial charge in [-0.05, 0) is 24.8 Å². The van der Waals surface area contributed by atoms with E-state index in [4.69, 9.17) is 4.98 Å². The maximum Gasteiger partial charge on any atom is 0.225 e. The summed E-state index contributed by atoms with van der Waals surface area (Å²) in [5.74, 6) is 1.41. The Morgan fingerprint density at radius 3 is 2.62 bits per heavy atom. The van der Waals surface area contributed by atoms with Crippen molar-refractivity contribution in [3.05, 3.63) is 10.9 Å². The number of fused-ring (bicyclic) bond motifs is 1. The highest BCUT2D eigenvalue weighted by Crippen LogP contribution is 2.36. The van der Waals surface area contributed by atoms with Crippen LogP contribution in [0.2, 0.25) is 0 Å². The second-order valence-electron chi connectivity index (χ2n) is 5.63. The minimum Gasteiger partial charge on any atom is -0.354 e. The minimum absolute atomic E-state index is 0.548. The summed E-state index contributed by atoms with van der Waals surface area (Å²) in [6.45, 7) is 12.1. The van der Waals surface area contributed by atoms with Gasteiger partial charge in [-0.15, -0.1) is 23.1 Å². The average Bonchev–Trinajstić information content (AvgIpc) is 2.88. The van der Waals surface area contributed by atoms with Crippen molar-refractivity contribution in [1.82, 2.24) is 9.97 Å². The van der Waals surface area contributed by atoms with Gasteiger partial charge in [0.05, 0.1) is 0 Å². The van der Waals surface area contributed by atoms with E-state index < -0.39 is 0 Å². The van der Waals surface area contributed by atoms with Gasteiger partial charge in [0.15, 0.2) is 0 Å². The molecule has 0 aliphatic heterocycles. The van der Waals surface area contributed by atoms with Crippen LogP contribution < -0.4 is 5.32 Å². The molecule has 0 radical (unpaired) electrons. The van der Waals surface area contributed by atoms with E-state index >= 15 is 0 Å². The highest BCUT2D eigenvalue weighted by Gasteiger charge is 2.16. The molecule has 1 atom stereocenters. The smallest absolute Gasteiger partial charge is 0.225 e. The molecule has 0 aromatic carbocycles. The molecule has 0 spiro atoms. The maximum atomic E-state index is 4.76.